The summed E-state index contributed by atoms with van der Waals surface area (Å²) in [5.41, 5.74) is 0.810. The van der Waals surface area contributed by atoms with Gasteiger partial charge in [0.05, 0.1) is 0 Å². The fourth-order valence-electron chi connectivity index (χ4n) is 2.53. The minimum Gasteiger partial charge on any atom is -0.444 e. The molecule has 0 spiro atoms. The number of ether oxygens (including phenoxy) is 1. The number of halogens is 1. The molecule has 0 saturated carbocycles. The third-order valence-electron chi connectivity index (χ3n) is 3.42. The molecule has 0 aliphatic carbocycles. The molecule has 0 aromatic heterocycles. The van der Waals surface area contributed by atoms with E-state index < -0.39 is 5.60 Å². The summed E-state index contributed by atoms with van der Waals surface area (Å²) in [6.07, 6.45) is 2.78. The lowest BCUT2D eigenvalue weighted by Crippen LogP contribution is -2.40. The van der Waals surface area contributed by atoms with Crippen LogP contribution in [0.5, 0.6) is 0 Å². The lowest BCUT2D eigenvalue weighted by Gasteiger charge is -2.28. The van der Waals surface area contributed by atoms with E-state index in [1.165, 1.54) is 5.56 Å². The highest BCUT2D eigenvalue weighted by Gasteiger charge is 2.32. The van der Waals surface area contributed by atoms with Crippen LogP contribution in [0.15, 0.2) is 28.7 Å². The molecule has 0 radical (unpaired) electrons. The van der Waals surface area contributed by atoms with Crippen LogP contribution in [0.1, 0.15) is 39.2 Å². The molecule has 1 amide bonds. The number of amides is 1. The second-order valence-electron chi connectivity index (χ2n) is 6.27. The summed E-state index contributed by atoms with van der Waals surface area (Å²) in [5.74, 6) is 0. The van der Waals surface area contributed by atoms with E-state index in [-0.39, 0.29) is 12.1 Å². The molecule has 1 unspecified atom stereocenters. The highest BCUT2D eigenvalue weighted by molar-refractivity contribution is 9.10. The van der Waals surface area contributed by atoms with Gasteiger partial charge in [-0.05, 0) is 51.7 Å². The zero-order valence-corrected chi connectivity index (χ0v) is 13.9. The third kappa shape index (κ3) is 3.98. The van der Waals surface area contributed by atoms with Crippen LogP contribution in [0.3, 0.4) is 0 Å². The van der Waals surface area contributed by atoms with Crippen molar-refractivity contribution >= 4 is 22.0 Å². The molecule has 3 nitrogen and oxygen atoms in total. The van der Waals surface area contributed by atoms with Crippen LogP contribution in [0, 0.1) is 0 Å². The van der Waals surface area contributed by atoms with Gasteiger partial charge in [0.15, 0.2) is 0 Å². The van der Waals surface area contributed by atoms with Gasteiger partial charge in [-0.1, -0.05) is 34.1 Å². The second kappa shape index (κ2) is 6.17. The van der Waals surface area contributed by atoms with Crippen molar-refractivity contribution in [3.05, 3.63) is 34.3 Å². The molecular weight excluding hydrogens is 318 g/mol. The smallest absolute Gasteiger partial charge is 0.410 e. The number of benzene rings is 1. The predicted octanol–water partition coefficient (Wildman–Crippen LogP) is 4.39. The molecule has 1 aromatic carbocycles. The van der Waals surface area contributed by atoms with E-state index in [2.05, 4.69) is 22.0 Å². The van der Waals surface area contributed by atoms with Crippen LogP contribution in [0.2, 0.25) is 0 Å². The standard InChI is InChI=1S/C16H22BrNO2/c1-16(2,3)20-15(19)18-10-6-8-13(18)11-12-7-4-5-9-14(12)17/h4-5,7,9,13H,6,8,10-11H2,1-3H3. The summed E-state index contributed by atoms with van der Waals surface area (Å²) in [7, 11) is 0. The Balaban J connectivity index is 2.04. The van der Waals surface area contributed by atoms with Crippen LogP contribution in [0.25, 0.3) is 0 Å². The summed E-state index contributed by atoms with van der Waals surface area (Å²) in [4.78, 5) is 14.1. The maximum atomic E-state index is 12.2. The van der Waals surface area contributed by atoms with Crippen LogP contribution in [-0.4, -0.2) is 29.2 Å². The molecule has 1 heterocycles. The predicted molar refractivity (Wildman–Crippen MR) is 83.8 cm³/mol. The number of nitrogens with zero attached hydrogens (tertiary/aromatic N) is 1. The van der Waals surface area contributed by atoms with Gasteiger partial charge in [-0.3, -0.25) is 0 Å². The zero-order valence-electron chi connectivity index (χ0n) is 12.4. The Morgan fingerprint density at radius 2 is 2.10 bits per heavy atom. The van der Waals surface area contributed by atoms with E-state index in [0.717, 1.165) is 30.3 Å². The van der Waals surface area contributed by atoms with Crippen molar-refractivity contribution in [3.63, 3.8) is 0 Å². The van der Waals surface area contributed by atoms with E-state index >= 15 is 0 Å². The topological polar surface area (TPSA) is 29.5 Å². The van der Waals surface area contributed by atoms with Gasteiger partial charge < -0.3 is 9.64 Å². The quantitative estimate of drug-likeness (QED) is 0.799. The van der Waals surface area contributed by atoms with Crippen molar-refractivity contribution in [2.24, 2.45) is 0 Å². The summed E-state index contributed by atoms with van der Waals surface area (Å²) >= 11 is 3.57. The molecule has 1 aliphatic rings. The van der Waals surface area contributed by atoms with E-state index in [4.69, 9.17) is 4.74 Å². The first kappa shape index (κ1) is 15.4. The van der Waals surface area contributed by atoms with Gasteiger partial charge in [0.25, 0.3) is 0 Å². The van der Waals surface area contributed by atoms with Crippen molar-refractivity contribution in [1.82, 2.24) is 4.90 Å². The zero-order chi connectivity index (χ0) is 14.8. The fourth-order valence-corrected chi connectivity index (χ4v) is 2.97. The van der Waals surface area contributed by atoms with Crippen molar-refractivity contribution in [3.8, 4) is 0 Å². The molecule has 1 aromatic rings. The number of likely N-dealkylation sites (tertiary alicyclic amines) is 1. The van der Waals surface area contributed by atoms with Gasteiger partial charge in [-0.25, -0.2) is 4.79 Å². The van der Waals surface area contributed by atoms with E-state index in [1.807, 2.05) is 43.9 Å². The normalized spacial score (nSPS) is 19.2. The molecule has 2 rings (SSSR count). The minimum atomic E-state index is -0.433. The first-order valence-corrected chi connectivity index (χ1v) is 7.89. The first-order valence-electron chi connectivity index (χ1n) is 7.10. The molecule has 0 N–H and O–H groups in total. The number of hydrogen-bond acceptors (Lipinski definition) is 2. The number of rotatable bonds is 2. The second-order valence-corrected chi connectivity index (χ2v) is 7.12. The van der Waals surface area contributed by atoms with Gasteiger partial charge in [-0.15, -0.1) is 0 Å². The van der Waals surface area contributed by atoms with Crippen molar-refractivity contribution < 1.29 is 9.53 Å². The molecule has 4 heteroatoms. The molecule has 110 valence electrons. The van der Waals surface area contributed by atoms with Crippen LogP contribution < -0.4 is 0 Å². The molecule has 1 fully saturated rings. The Hall–Kier alpha value is -1.03. The van der Waals surface area contributed by atoms with Crippen molar-refractivity contribution in [1.29, 1.82) is 0 Å². The Labute approximate surface area is 129 Å². The summed E-state index contributed by atoms with van der Waals surface area (Å²) in [5, 5.41) is 0. The Kier molecular flexibility index (Phi) is 4.74. The maximum Gasteiger partial charge on any atom is 0.410 e. The average molecular weight is 340 g/mol. The molecule has 1 saturated heterocycles. The highest BCUT2D eigenvalue weighted by atomic mass is 79.9. The maximum absolute atomic E-state index is 12.2. The van der Waals surface area contributed by atoms with E-state index in [9.17, 15) is 4.79 Å². The average Bonchev–Trinajstić information content (AvgIpc) is 2.78. The van der Waals surface area contributed by atoms with Gasteiger partial charge in [0, 0.05) is 17.1 Å². The Morgan fingerprint density at radius 1 is 1.40 bits per heavy atom. The summed E-state index contributed by atoms with van der Waals surface area (Å²) in [6, 6.07) is 8.43. The molecule has 1 aliphatic heterocycles. The number of hydrogen-bond donors (Lipinski definition) is 0. The highest BCUT2D eigenvalue weighted by Crippen LogP contribution is 2.26. The molecule has 1 atom stereocenters. The van der Waals surface area contributed by atoms with E-state index in [1.54, 1.807) is 0 Å². The first-order chi connectivity index (χ1) is 9.37. The van der Waals surface area contributed by atoms with Gasteiger partial charge in [0.2, 0.25) is 0 Å². The molecule has 20 heavy (non-hydrogen) atoms. The Bertz CT molecular complexity index is 482. The number of carbonyl (C=O) groups is 1. The molecular formula is C16H22BrNO2. The lowest BCUT2D eigenvalue weighted by atomic mass is 10.0. The monoisotopic (exact) mass is 339 g/mol. The van der Waals surface area contributed by atoms with Gasteiger partial charge >= 0.3 is 6.09 Å². The number of carbonyl (C=O) groups excluding carboxylic acids is 1. The summed E-state index contributed by atoms with van der Waals surface area (Å²) in [6.45, 7) is 6.52. The lowest BCUT2D eigenvalue weighted by molar-refractivity contribution is 0.0226. The van der Waals surface area contributed by atoms with E-state index in [0.29, 0.717) is 0 Å². The van der Waals surface area contributed by atoms with Gasteiger partial charge in [-0.2, -0.15) is 0 Å². The SMILES string of the molecule is CC(C)(C)OC(=O)N1CCCC1Cc1ccccc1Br. The Morgan fingerprint density at radius 3 is 2.75 bits per heavy atom. The minimum absolute atomic E-state index is 0.188. The third-order valence-corrected chi connectivity index (χ3v) is 4.19. The molecule has 0 bridgehead atoms. The fraction of sp³-hybridized carbons (Fsp3) is 0.562. The van der Waals surface area contributed by atoms with Gasteiger partial charge in [0.1, 0.15) is 5.60 Å². The van der Waals surface area contributed by atoms with Crippen LogP contribution in [-0.2, 0) is 11.2 Å². The van der Waals surface area contributed by atoms with Crippen molar-refractivity contribution in [2.45, 2.75) is 51.7 Å². The van der Waals surface area contributed by atoms with Crippen LogP contribution in [0.4, 0.5) is 4.79 Å². The summed E-state index contributed by atoms with van der Waals surface area (Å²) < 4.78 is 6.60. The largest absolute Gasteiger partial charge is 0.444 e. The van der Waals surface area contributed by atoms with Crippen LogP contribution >= 0.6 is 15.9 Å². The van der Waals surface area contributed by atoms with Crippen molar-refractivity contribution in [2.75, 3.05) is 6.54 Å².